The number of aromatic amines is 1. The number of nitrogens with one attached hydrogen (secondary N) is 2. The van der Waals surface area contributed by atoms with Crippen LogP contribution in [0.25, 0.3) is 33.8 Å². The van der Waals surface area contributed by atoms with Gasteiger partial charge in [-0.05, 0) is 54.3 Å². The van der Waals surface area contributed by atoms with Crippen LogP contribution in [-0.4, -0.2) is 32.1 Å². The van der Waals surface area contributed by atoms with E-state index in [4.69, 9.17) is 9.51 Å². The quantitative estimate of drug-likeness (QED) is 0.232. The van der Waals surface area contributed by atoms with Crippen LogP contribution in [0.5, 0.6) is 0 Å². The van der Waals surface area contributed by atoms with Gasteiger partial charge in [0.2, 0.25) is 0 Å². The van der Waals surface area contributed by atoms with Crippen molar-refractivity contribution in [3.05, 3.63) is 106 Å². The van der Waals surface area contributed by atoms with Crippen LogP contribution in [0.15, 0.2) is 82.1 Å². The Bertz CT molecular complexity index is 1670. The number of amides is 1. The molecule has 0 bridgehead atoms. The van der Waals surface area contributed by atoms with E-state index in [1.165, 1.54) is 12.1 Å². The second kappa shape index (κ2) is 11.9. The van der Waals surface area contributed by atoms with Crippen LogP contribution in [0.1, 0.15) is 48.6 Å². The van der Waals surface area contributed by atoms with E-state index in [1.54, 1.807) is 12.1 Å². The summed E-state index contributed by atoms with van der Waals surface area (Å²) in [5.41, 5.74) is 5.27. The second-order valence-corrected chi connectivity index (χ2v) is 9.47. The van der Waals surface area contributed by atoms with Crippen molar-refractivity contribution in [2.45, 2.75) is 39.7 Å². The van der Waals surface area contributed by atoms with E-state index < -0.39 is 5.76 Å². The Balaban J connectivity index is 1.53. The number of aryl methyl sites for hydroxylation is 1. The van der Waals surface area contributed by atoms with Gasteiger partial charge in [0, 0.05) is 30.6 Å². The Hall–Kier alpha value is -4.79. The second-order valence-electron chi connectivity index (χ2n) is 9.47. The number of carbonyl (C=O) groups excluding carboxylic acids is 1. The zero-order valence-corrected chi connectivity index (χ0v) is 22.4. The summed E-state index contributed by atoms with van der Waals surface area (Å²) in [6.07, 6.45) is 2.63. The molecule has 0 spiro atoms. The number of halogens is 1. The standard InChI is InChI=1S/C31H30FN5O3/c1-3-5-10-26-34-27(22-15-17-23(32)18-16-22)28(30(38)33-4-2)37(26)19-20-11-13-21(14-12-20)24-8-6-7-9-25(24)29-35-31(39)40-36-29/h6-9,11-18H,3-5,10,19H2,1-2H3,(H,33,38)(H,35,36,39). The van der Waals surface area contributed by atoms with Crippen molar-refractivity contribution >= 4 is 5.91 Å². The summed E-state index contributed by atoms with van der Waals surface area (Å²) in [4.78, 5) is 32.3. The molecule has 204 valence electrons. The van der Waals surface area contributed by atoms with Crippen molar-refractivity contribution in [2.75, 3.05) is 6.54 Å². The molecule has 40 heavy (non-hydrogen) atoms. The molecule has 0 radical (unpaired) electrons. The van der Waals surface area contributed by atoms with Gasteiger partial charge in [0.05, 0.1) is 0 Å². The van der Waals surface area contributed by atoms with Crippen molar-refractivity contribution in [1.29, 1.82) is 0 Å². The van der Waals surface area contributed by atoms with Crippen molar-refractivity contribution in [1.82, 2.24) is 25.0 Å². The third kappa shape index (κ3) is 5.63. The maximum atomic E-state index is 13.7. The molecule has 0 aliphatic carbocycles. The fourth-order valence-corrected chi connectivity index (χ4v) is 4.74. The van der Waals surface area contributed by atoms with Crippen molar-refractivity contribution in [3.8, 4) is 33.8 Å². The number of imidazole rings is 1. The minimum absolute atomic E-state index is 0.218. The Morgan fingerprint density at radius 1 is 0.975 bits per heavy atom. The van der Waals surface area contributed by atoms with Gasteiger partial charge < -0.3 is 9.88 Å². The highest BCUT2D eigenvalue weighted by Crippen LogP contribution is 2.31. The third-order valence-corrected chi connectivity index (χ3v) is 6.70. The Labute approximate surface area is 230 Å². The van der Waals surface area contributed by atoms with E-state index in [2.05, 4.69) is 22.4 Å². The van der Waals surface area contributed by atoms with Crippen LogP contribution in [0.2, 0.25) is 0 Å². The summed E-state index contributed by atoms with van der Waals surface area (Å²) >= 11 is 0. The molecule has 1 amide bonds. The molecule has 0 aliphatic rings. The zero-order valence-electron chi connectivity index (χ0n) is 22.4. The van der Waals surface area contributed by atoms with E-state index in [0.29, 0.717) is 42.3 Å². The first kappa shape index (κ1) is 26.8. The highest BCUT2D eigenvalue weighted by molar-refractivity contribution is 5.98. The Kier molecular flexibility index (Phi) is 8.00. The van der Waals surface area contributed by atoms with Crippen LogP contribution in [-0.2, 0) is 13.0 Å². The number of carbonyl (C=O) groups is 1. The lowest BCUT2D eigenvalue weighted by atomic mass is 9.98. The zero-order chi connectivity index (χ0) is 28.1. The predicted molar refractivity (Wildman–Crippen MR) is 151 cm³/mol. The number of hydrogen-bond donors (Lipinski definition) is 2. The number of aromatic nitrogens is 4. The van der Waals surface area contributed by atoms with E-state index in [-0.39, 0.29) is 11.7 Å². The monoisotopic (exact) mass is 539 g/mol. The van der Waals surface area contributed by atoms with Crippen molar-refractivity contribution < 1.29 is 13.7 Å². The molecular weight excluding hydrogens is 509 g/mol. The minimum Gasteiger partial charge on any atom is -0.351 e. The van der Waals surface area contributed by atoms with Crippen molar-refractivity contribution in [2.24, 2.45) is 0 Å². The first-order valence-corrected chi connectivity index (χ1v) is 13.4. The summed E-state index contributed by atoms with van der Waals surface area (Å²) in [6, 6.07) is 21.7. The number of benzene rings is 3. The molecule has 0 saturated carbocycles. The van der Waals surface area contributed by atoms with E-state index in [9.17, 15) is 14.0 Å². The van der Waals surface area contributed by atoms with Gasteiger partial charge in [-0.15, -0.1) is 0 Å². The number of nitrogens with zero attached hydrogens (tertiary/aromatic N) is 3. The summed E-state index contributed by atoms with van der Waals surface area (Å²) in [7, 11) is 0. The number of hydrogen-bond acceptors (Lipinski definition) is 5. The molecule has 8 nitrogen and oxygen atoms in total. The van der Waals surface area contributed by atoms with Crippen LogP contribution in [0.3, 0.4) is 0 Å². The summed E-state index contributed by atoms with van der Waals surface area (Å²) in [6.45, 7) is 4.91. The maximum absolute atomic E-state index is 13.7. The minimum atomic E-state index is -0.609. The number of unbranched alkanes of at least 4 members (excludes halogenated alkanes) is 1. The average Bonchev–Trinajstić information content (AvgIpc) is 3.56. The fraction of sp³-hybridized carbons (Fsp3) is 0.226. The van der Waals surface area contributed by atoms with Crippen LogP contribution < -0.4 is 11.1 Å². The molecule has 2 N–H and O–H groups in total. The highest BCUT2D eigenvalue weighted by Gasteiger charge is 2.24. The fourth-order valence-electron chi connectivity index (χ4n) is 4.74. The molecule has 5 rings (SSSR count). The van der Waals surface area contributed by atoms with Crippen LogP contribution >= 0.6 is 0 Å². The summed E-state index contributed by atoms with van der Waals surface area (Å²) in [5.74, 6) is 0.00687. The SMILES string of the molecule is CCCCc1nc(-c2ccc(F)cc2)c(C(=O)NCC)n1Cc1ccc(-c2ccccc2-c2noc(=O)[nH]2)cc1. The maximum Gasteiger partial charge on any atom is 0.439 e. The van der Waals surface area contributed by atoms with Crippen LogP contribution in [0, 0.1) is 5.82 Å². The molecule has 0 saturated heterocycles. The molecule has 5 aromatic rings. The molecule has 2 heterocycles. The molecule has 0 atom stereocenters. The van der Waals surface area contributed by atoms with Gasteiger partial charge in [-0.3, -0.25) is 14.3 Å². The average molecular weight is 540 g/mol. The summed E-state index contributed by atoms with van der Waals surface area (Å²) in [5, 5.41) is 6.76. The first-order valence-electron chi connectivity index (χ1n) is 13.4. The smallest absolute Gasteiger partial charge is 0.351 e. The highest BCUT2D eigenvalue weighted by atomic mass is 19.1. The van der Waals surface area contributed by atoms with Gasteiger partial charge >= 0.3 is 5.76 Å². The number of rotatable bonds is 10. The molecule has 9 heteroatoms. The van der Waals surface area contributed by atoms with E-state index in [0.717, 1.165) is 40.9 Å². The van der Waals surface area contributed by atoms with Crippen molar-refractivity contribution in [3.63, 3.8) is 0 Å². The van der Waals surface area contributed by atoms with Gasteiger partial charge in [-0.25, -0.2) is 14.2 Å². The van der Waals surface area contributed by atoms with E-state index in [1.807, 2.05) is 60.0 Å². The molecular formula is C31H30FN5O3. The van der Waals surface area contributed by atoms with Gasteiger partial charge in [0.1, 0.15) is 23.0 Å². The third-order valence-electron chi connectivity index (χ3n) is 6.70. The van der Waals surface area contributed by atoms with E-state index >= 15 is 0 Å². The van der Waals surface area contributed by atoms with Gasteiger partial charge in [-0.1, -0.05) is 67.0 Å². The molecule has 0 aliphatic heterocycles. The Morgan fingerprint density at radius 2 is 1.68 bits per heavy atom. The predicted octanol–water partition coefficient (Wildman–Crippen LogP) is 5.84. The number of H-pyrrole nitrogens is 1. The lowest BCUT2D eigenvalue weighted by Gasteiger charge is -2.14. The molecule has 3 aromatic carbocycles. The molecule has 0 unspecified atom stereocenters. The first-order chi connectivity index (χ1) is 19.5. The topological polar surface area (TPSA) is 106 Å². The normalized spacial score (nSPS) is 11.1. The largest absolute Gasteiger partial charge is 0.439 e. The summed E-state index contributed by atoms with van der Waals surface area (Å²) < 4.78 is 20.3. The molecule has 2 aromatic heterocycles. The van der Waals surface area contributed by atoms with Gasteiger partial charge in [-0.2, -0.15) is 0 Å². The lowest BCUT2D eigenvalue weighted by molar-refractivity contribution is 0.0947. The van der Waals surface area contributed by atoms with Crippen LogP contribution in [0.4, 0.5) is 4.39 Å². The lowest BCUT2D eigenvalue weighted by Crippen LogP contribution is -2.27. The van der Waals surface area contributed by atoms with Gasteiger partial charge in [0.25, 0.3) is 5.91 Å². The van der Waals surface area contributed by atoms with Gasteiger partial charge in [0.15, 0.2) is 5.82 Å². The molecule has 0 fully saturated rings. The Morgan fingerprint density at radius 3 is 2.33 bits per heavy atom.